The van der Waals surface area contributed by atoms with E-state index in [1.165, 1.54) is 0 Å². The van der Waals surface area contributed by atoms with E-state index in [4.69, 9.17) is 5.73 Å². The fraction of sp³-hybridized carbons (Fsp3) is 0.200. The summed E-state index contributed by atoms with van der Waals surface area (Å²) < 4.78 is 1.55. The van der Waals surface area contributed by atoms with Crippen LogP contribution in [0.25, 0.3) is 10.9 Å². The highest BCUT2D eigenvalue weighted by Crippen LogP contribution is 2.23. The molecular formula is C20H20N4O3S. The predicted octanol–water partition coefficient (Wildman–Crippen LogP) is 2.43. The molecule has 0 aliphatic heterocycles. The molecule has 2 aromatic carbocycles. The van der Waals surface area contributed by atoms with E-state index < -0.39 is 17.2 Å². The van der Waals surface area contributed by atoms with Gasteiger partial charge >= 0.3 is 6.03 Å². The van der Waals surface area contributed by atoms with Gasteiger partial charge in [0.05, 0.1) is 22.7 Å². The van der Waals surface area contributed by atoms with Gasteiger partial charge in [0.2, 0.25) is 5.91 Å². The highest BCUT2D eigenvalue weighted by atomic mass is 32.2. The van der Waals surface area contributed by atoms with Crippen LogP contribution in [0.2, 0.25) is 0 Å². The Morgan fingerprint density at radius 2 is 1.86 bits per heavy atom. The average molecular weight is 396 g/mol. The number of amides is 3. The first-order valence-electron chi connectivity index (χ1n) is 8.67. The number of aromatic nitrogens is 2. The molecule has 28 heavy (non-hydrogen) atoms. The predicted molar refractivity (Wildman–Crippen MR) is 109 cm³/mol. The van der Waals surface area contributed by atoms with Crippen molar-refractivity contribution >= 4 is 34.6 Å². The standard InChI is InChI=1S/C20H20N4O3S/c1-12-7-9-14(10-8-12)11-24-18(26)15-5-3-4-6-16(15)22-20(24)28-13(2)17(25)23-19(21)27/h3-10,13H,11H2,1-2H3,(H3,21,23,25,27)/t13-/m0/s1. The van der Waals surface area contributed by atoms with E-state index in [2.05, 4.69) is 10.3 Å². The number of carbonyl (C=O) groups is 2. The lowest BCUT2D eigenvalue weighted by molar-refractivity contribution is -0.119. The molecule has 7 nitrogen and oxygen atoms in total. The Morgan fingerprint density at radius 3 is 2.54 bits per heavy atom. The van der Waals surface area contributed by atoms with Crippen molar-refractivity contribution in [3.63, 3.8) is 0 Å². The van der Waals surface area contributed by atoms with Crippen LogP contribution in [0.4, 0.5) is 4.79 Å². The fourth-order valence-electron chi connectivity index (χ4n) is 2.69. The van der Waals surface area contributed by atoms with Gasteiger partial charge in [-0.1, -0.05) is 53.7 Å². The zero-order valence-electron chi connectivity index (χ0n) is 15.5. The van der Waals surface area contributed by atoms with Crippen LogP contribution in [0.15, 0.2) is 58.5 Å². The van der Waals surface area contributed by atoms with Gasteiger partial charge in [-0.05, 0) is 31.5 Å². The number of aryl methyl sites for hydroxylation is 1. The monoisotopic (exact) mass is 396 g/mol. The first-order chi connectivity index (χ1) is 13.3. The van der Waals surface area contributed by atoms with Crippen molar-refractivity contribution in [2.24, 2.45) is 5.73 Å². The molecule has 3 rings (SSSR count). The Labute approximate surface area is 166 Å². The second-order valence-corrected chi connectivity index (χ2v) is 7.71. The van der Waals surface area contributed by atoms with Crippen molar-refractivity contribution in [1.82, 2.24) is 14.9 Å². The number of urea groups is 1. The summed E-state index contributed by atoms with van der Waals surface area (Å²) in [5.74, 6) is -0.540. The molecule has 0 saturated heterocycles. The molecule has 8 heteroatoms. The minimum absolute atomic E-state index is 0.184. The summed E-state index contributed by atoms with van der Waals surface area (Å²) in [5, 5.41) is 2.30. The Morgan fingerprint density at radius 1 is 1.18 bits per heavy atom. The number of rotatable bonds is 5. The van der Waals surface area contributed by atoms with Crippen molar-refractivity contribution in [3.05, 3.63) is 70.0 Å². The lowest BCUT2D eigenvalue weighted by atomic mass is 10.1. The Balaban J connectivity index is 2.03. The minimum atomic E-state index is -0.916. The molecule has 1 atom stereocenters. The van der Waals surface area contributed by atoms with Gasteiger partial charge in [-0.15, -0.1) is 0 Å². The van der Waals surface area contributed by atoms with Crippen molar-refractivity contribution < 1.29 is 9.59 Å². The van der Waals surface area contributed by atoms with Crippen molar-refractivity contribution in [2.75, 3.05) is 0 Å². The van der Waals surface area contributed by atoms with E-state index in [0.717, 1.165) is 22.9 Å². The maximum absolute atomic E-state index is 13.1. The van der Waals surface area contributed by atoms with Gasteiger partial charge in [-0.25, -0.2) is 9.78 Å². The van der Waals surface area contributed by atoms with Gasteiger partial charge in [0.15, 0.2) is 5.16 Å². The maximum atomic E-state index is 13.1. The Hall–Kier alpha value is -3.13. The van der Waals surface area contributed by atoms with E-state index in [1.54, 1.807) is 35.8 Å². The number of hydrogen-bond acceptors (Lipinski definition) is 5. The van der Waals surface area contributed by atoms with Gasteiger partial charge in [-0.2, -0.15) is 0 Å². The largest absolute Gasteiger partial charge is 0.351 e. The molecule has 0 spiro atoms. The summed E-state index contributed by atoms with van der Waals surface area (Å²) >= 11 is 1.10. The van der Waals surface area contributed by atoms with Crippen molar-refractivity contribution in [2.45, 2.75) is 30.8 Å². The number of benzene rings is 2. The molecule has 0 bridgehead atoms. The van der Waals surface area contributed by atoms with E-state index >= 15 is 0 Å². The van der Waals surface area contributed by atoms with Crippen LogP contribution in [0.3, 0.4) is 0 Å². The molecule has 1 heterocycles. The third-order valence-corrected chi connectivity index (χ3v) is 5.28. The molecule has 0 fully saturated rings. The summed E-state index contributed by atoms with van der Waals surface area (Å²) in [6.07, 6.45) is 0. The number of carbonyl (C=O) groups excluding carboxylic acids is 2. The van der Waals surface area contributed by atoms with Crippen LogP contribution >= 0.6 is 11.8 Å². The van der Waals surface area contributed by atoms with Gasteiger partial charge in [0, 0.05) is 0 Å². The third-order valence-electron chi connectivity index (χ3n) is 4.19. The number of nitrogens with one attached hydrogen (secondary N) is 1. The number of primary amides is 1. The molecule has 0 aliphatic rings. The van der Waals surface area contributed by atoms with Crippen molar-refractivity contribution in [1.29, 1.82) is 0 Å². The Bertz CT molecular complexity index is 1090. The summed E-state index contributed by atoms with van der Waals surface area (Å²) in [6, 6.07) is 14.0. The van der Waals surface area contributed by atoms with Crippen LogP contribution in [0, 0.1) is 6.92 Å². The van der Waals surface area contributed by atoms with Crippen LogP contribution in [0.5, 0.6) is 0 Å². The Kier molecular flexibility index (Phi) is 5.79. The van der Waals surface area contributed by atoms with Gasteiger partial charge in [0.1, 0.15) is 0 Å². The van der Waals surface area contributed by atoms with Gasteiger partial charge < -0.3 is 5.73 Å². The lowest BCUT2D eigenvalue weighted by Crippen LogP contribution is -2.39. The van der Waals surface area contributed by atoms with Crippen LogP contribution < -0.4 is 16.6 Å². The number of imide groups is 1. The molecule has 3 amide bonds. The summed E-state index contributed by atoms with van der Waals surface area (Å²) in [4.78, 5) is 40.7. The molecule has 1 aromatic heterocycles. The van der Waals surface area contributed by atoms with Crippen molar-refractivity contribution in [3.8, 4) is 0 Å². The lowest BCUT2D eigenvalue weighted by Gasteiger charge is -2.16. The van der Waals surface area contributed by atoms with E-state index in [1.807, 2.05) is 31.2 Å². The molecular weight excluding hydrogens is 376 g/mol. The van der Waals surface area contributed by atoms with Crippen LogP contribution in [-0.4, -0.2) is 26.7 Å². The number of hydrogen-bond donors (Lipinski definition) is 2. The number of nitrogens with zero attached hydrogens (tertiary/aromatic N) is 2. The maximum Gasteiger partial charge on any atom is 0.318 e. The highest BCUT2D eigenvalue weighted by Gasteiger charge is 2.20. The smallest absolute Gasteiger partial charge is 0.318 e. The quantitative estimate of drug-likeness (QED) is 0.509. The van der Waals surface area contributed by atoms with Gasteiger partial charge in [-0.3, -0.25) is 19.5 Å². The number of fused-ring (bicyclic) bond motifs is 1. The topological polar surface area (TPSA) is 107 Å². The average Bonchev–Trinajstić information content (AvgIpc) is 2.66. The first-order valence-corrected chi connectivity index (χ1v) is 9.55. The van der Waals surface area contributed by atoms with E-state index in [0.29, 0.717) is 22.6 Å². The van der Waals surface area contributed by atoms with Gasteiger partial charge in [0.25, 0.3) is 5.56 Å². The highest BCUT2D eigenvalue weighted by molar-refractivity contribution is 8.00. The van der Waals surface area contributed by atoms with E-state index in [-0.39, 0.29) is 5.56 Å². The van der Waals surface area contributed by atoms with Crippen LogP contribution in [0.1, 0.15) is 18.1 Å². The molecule has 144 valence electrons. The second kappa shape index (κ2) is 8.26. The normalized spacial score (nSPS) is 11.9. The summed E-state index contributed by atoms with van der Waals surface area (Å²) in [5.41, 5.74) is 7.46. The molecule has 0 radical (unpaired) electrons. The molecule has 0 unspecified atom stereocenters. The zero-order valence-corrected chi connectivity index (χ0v) is 16.3. The zero-order chi connectivity index (χ0) is 20.3. The molecule has 3 N–H and O–H groups in total. The fourth-order valence-corrected chi connectivity index (χ4v) is 3.60. The third kappa shape index (κ3) is 4.40. The van der Waals surface area contributed by atoms with E-state index in [9.17, 15) is 14.4 Å². The summed E-state index contributed by atoms with van der Waals surface area (Å²) in [6.45, 7) is 3.94. The summed E-state index contributed by atoms with van der Waals surface area (Å²) in [7, 11) is 0. The number of para-hydroxylation sites is 1. The number of thioether (sulfide) groups is 1. The molecule has 3 aromatic rings. The second-order valence-electron chi connectivity index (χ2n) is 6.40. The minimum Gasteiger partial charge on any atom is -0.351 e. The molecule has 0 aliphatic carbocycles. The SMILES string of the molecule is Cc1ccc(Cn2c(S[C@@H](C)C(=O)NC(N)=O)nc3ccccc3c2=O)cc1. The first kappa shape index (κ1) is 19.6. The molecule has 0 saturated carbocycles. The number of nitrogens with two attached hydrogens (primary N) is 1. The van der Waals surface area contributed by atoms with Crippen LogP contribution in [-0.2, 0) is 11.3 Å².